The molecule has 0 saturated heterocycles. The Morgan fingerprint density at radius 2 is 1.95 bits per heavy atom. The maximum absolute atomic E-state index is 11.8. The second-order valence-corrected chi connectivity index (χ2v) is 5.98. The number of nitrogens with two attached hydrogens (primary N) is 1. The number of ether oxygens (including phenoxy) is 1. The predicted molar refractivity (Wildman–Crippen MR) is 78.5 cm³/mol. The number of alkyl carbamates (subject to hydrolysis) is 1. The zero-order valence-corrected chi connectivity index (χ0v) is 13.5. The van der Waals surface area contributed by atoms with E-state index < -0.39 is 11.7 Å². The first-order valence-electron chi connectivity index (χ1n) is 7.35. The van der Waals surface area contributed by atoms with Gasteiger partial charge in [0, 0.05) is 0 Å². The van der Waals surface area contributed by atoms with Crippen LogP contribution in [-0.2, 0) is 4.74 Å². The number of nitrogens with zero attached hydrogens (tertiary/aromatic N) is 2. The third-order valence-electron chi connectivity index (χ3n) is 2.77. The van der Waals surface area contributed by atoms with Gasteiger partial charge < -0.3 is 20.2 Å². The molecule has 1 amide bonds. The van der Waals surface area contributed by atoms with Crippen molar-refractivity contribution in [2.75, 3.05) is 0 Å². The molecule has 0 aliphatic carbocycles. The Labute approximate surface area is 125 Å². The Morgan fingerprint density at radius 1 is 1.33 bits per heavy atom. The first-order chi connectivity index (χ1) is 9.76. The lowest BCUT2D eigenvalue weighted by molar-refractivity contribution is 0.0493. The lowest BCUT2D eigenvalue weighted by Crippen LogP contribution is -2.34. The van der Waals surface area contributed by atoms with Crippen molar-refractivity contribution in [2.24, 2.45) is 5.73 Å². The maximum Gasteiger partial charge on any atom is 0.408 e. The number of hydrogen-bond donors (Lipinski definition) is 2. The summed E-state index contributed by atoms with van der Waals surface area (Å²) in [6, 6.07) is -0.648. The van der Waals surface area contributed by atoms with E-state index in [1.165, 1.54) is 0 Å². The number of carbonyl (C=O) groups excluding carboxylic acids is 1. The Kier molecular flexibility index (Phi) is 6.14. The number of aromatic nitrogens is 2. The van der Waals surface area contributed by atoms with E-state index in [-0.39, 0.29) is 12.1 Å². The van der Waals surface area contributed by atoms with E-state index in [1.54, 1.807) is 0 Å². The minimum atomic E-state index is -0.550. The highest BCUT2D eigenvalue weighted by Gasteiger charge is 2.24. The molecule has 3 N–H and O–H groups in total. The van der Waals surface area contributed by atoms with Crippen molar-refractivity contribution in [1.82, 2.24) is 15.5 Å². The van der Waals surface area contributed by atoms with Gasteiger partial charge in [0.15, 0.2) is 0 Å². The molecule has 120 valence electrons. The van der Waals surface area contributed by atoms with Gasteiger partial charge in [-0.25, -0.2) is 4.79 Å². The van der Waals surface area contributed by atoms with Crippen LogP contribution in [-0.4, -0.2) is 21.9 Å². The molecule has 0 fully saturated rings. The highest BCUT2D eigenvalue weighted by atomic mass is 16.6. The van der Waals surface area contributed by atoms with E-state index in [0.717, 1.165) is 12.8 Å². The largest absolute Gasteiger partial charge is 0.444 e. The molecular formula is C14H26N4O3. The fourth-order valence-electron chi connectivity index (χ4n) is 1.76. The van der Waals surface area contributed by atoms with Gasteiger partial charge in [-0.15, -0.1) is 10.2 Å². The summed E-state index contributed by atoms with van der Waals surface area (Å²) in [7, 11) is 0. The summed E-state index contributed by atoms with van der Waals surface area (Å²) in [6.07, 6.45) is 1.82. The Morgan fingerprint density at radius 3 is 2.48 bits per heavy atom. The topological polar surface area (TPSA) is 103 Å². The molecule has 7 heteroatoms. The zero-order chi connectivity index (χ0) is 16.0. The molecule has 1 aromatic rings. The number of carbonyl (C=O) groups is 1. The molecule has 21 heavy (non-hydrogen) atoms. The zero-order valence-electron chi connectivity index (χ0n) is 13.5. The fraction of sp³-hybridized carbons (Fsp3) is 0.786. The van der Waals surface area contributed by atoms with Gasteiger partial charge in [0.05, 0.1) is 6.04 Å². The number of rotatable bonds is 6. The smallest absolute Gasteiger partial charge is 0.408 e. The van der Waals surface area contributed by atoms with Gasteiger partial charge in [0.25, 0.3) is 0 Å². The summed E-state index contributed by atoms with van der Waals surface area (Å²) in [5, 5.41) is 10.7. The van der Waals surface area contributed by atoms with Crippen molar-refractivity contribution in [2.45, 2.75) is 71.6 Å². The van der Waals surface area contributed by atoms with E-state index in [2.05, 4.69) is 15.5 Å². The molecule has 0 aromatic carbocycles. The molecule has 0 aliphatic rings. The van der Waals surface area contributed by atoms with Crippen molar-refractivity contribution < 1.29 is 13.9 Å². The minimum absolute atomic E-state index is 0.268. The molecule has 0 aliphatic heterocycles. The van der Waals surface area contributed by atoms with Gasteiger partial charge in [0.2, 0.25) is 11.8 Å². The number of nitrogens with one attached hydrogen (secondary N) is 1. The molecule has 1 aromatic heterocycles. The van der Waals surface area contributed by atoms with Crippen molar-refractivity contribution in [3.05, 3.63) is 11.8 Å². The third-order valence-corrected chi connectivity index (χ3v) is 2.77. The van der Waals surface area contributed by atoms with Crippen LogP contribution in [0.1, 0.15) is 77.7 Å². The standard InChI is InChI=1S/C14H26N4O3/c1-6-8-9(15)11-17-18-12(20-11)10(7-2)16-13(19)21-14(3,4)5/h9-10H,6-8,15H2,1-5H3,(H,16,19)/t9-,10-/m0/s1. The van der Waals surface area contributed by atoms with Crippen LogP contribution < -0.4 is 11.1 Å². The lowest BCUT2D eigenvalue weighted by Gasteiger charge is -2.21. The van der Waals surface area contributed by atoms with Gasteiger partial charge >= 0.3 is 6.09 Å². The van der Waals surface area contributed by atoms with Crippen molar-refractivity contribution in [3.8, 4) is 0 Å². The highest BCUT2D eigenvalue weighted by molar-refractivity contribution is 5.68. The lowest BCUT2D eigenvalue weighted by atomic mass is 10.2. The van der Waals surface area contributed by atoms with Gasteiger partial charge in [-0.1, -0.05) is 20.3 Å². The van der Waals surface area contributed by atoms with Crippen LogP contribution in [0.15, 0.2) is 4.42 Å². The minimum Gasteiger partial charge on any atom is -0.444 e. The van der Waals surface area contributed by atoms with Crippen molar-refractivity contribution >= 4 is 6.09 Å². The van der Waals surface area contributed by atoms with Gasteiger partial charge in [0.1, 0.15) is 11.6 Å². The van der Waals surface area contributed by atoms with E-state index in [0.29, 0.717) is 18.2 Å². The van der Waals surface area contributed by atoms with Crippen molar-refractivity contribution in [1.29, 1.82) is 0 Å². The average molecular weight is 298 g/mol. The van der Waals surface area contributed by atoms with E-state index in [4.69, 9.17) is 14.9 Å². The van der Waals surface area contributed by atoms with Crippen LogP contribution in [0.3, 0.4) is 0 Å². The van der Waals surface area contributed by atoms with Gasteiger partial charge in [-0.2, -0.15) is 0 Å². The number of amides is 1. The Balaban J connectivity index is 2.70. The summed E-state index contributed by atoms with van der Waals surface area (Å²) < 4.78 is 10.8. The van der Waals surface area contributed by atoms with Crippen molar-refractivity contribution in [3.63, 3.8) is 0 Å². The Bertz CT molecular complexity index is 453. The van der Waals surface area contributed by atoms with Crippen LogP contribution in [0.25, 0.3) is 0 Å². The predicted octanol–water partition coefficient (Wildman–Crippen LogP) is 2.85. The van der Waals surface area contributed by atoms with Gasteiger partial charge in [-0.3, -0.25) is 0 Å². The second-order valence-electron chi connectivity index (χ2n) is 5.98. The first-order valence-corrected chi connectivity index (χ1v) is 7.35. The van der Waals surface area contributed by atoms with Crippen LogP contribution in [0.4, 0.5) is 4.79 Å². The maximum atomic E-state index is 11.8. The monoisotopic (exact) mass is 298 g/mol. The van der Waals surface area contributed by atoms with Crippen LogP contribution >= 0.6 is 0 Å². The summed E-state index contributed by atoms with van der Waals surface area (Å²) in [4.78, 5) is 11.8. The molecule has 1 heterocycles. The average Bonchev–Trinajstić information content (AvgIpc) is 2.83. The molecule has 0 radical (unpaired) electrons. The number of hydrogen-bond acceptors (Lipinski definition) is 6. The SMILES string of the molecule is CCC[C@H](N)c1nnc([C@H](CC)NC(=O)OC(C)(C)C)o1. The molecule has 1 rings (SSSR count). The molecule has 0 unspecified atom stereocenters. The van der Waals surface area contributed by atoms with E-state index in [9.17, 15) is 4.79 Å². The van der Waals surface area contributed by atoms with E-state index >= 15 is 0 Å². The molecule has 0 bridgehead atoms. The van der Waals surface area contributed by atoms with Crippen LogP contribution in [0, 0.1) is 0 Å². The highest BCUT2D eigenvalue weighted by Crippen LogP contribution is 2.20. The molecule has 0 saturated carbocycles. The summed E-state index contributed by atoms with van der Waals surface area (Å²) in [5.41, 5.74) is 5.39. The third kappa shape index (κ3) is 5.71. The summed E-state index contributed by atoms with van der Waals surface area (Å²) >= 11 is 0. The molecular weight excluding hydrogens is 272 g/mol. The molecule has 2 atom stereocenters. The van der Waals surface area contributed by atoms with Gasteiger partial charge in [-0.05, 0) is 33.6 Å². The van der Waals surface area contributed by atoms with Crippen LogP contribution in [0.2, 0.25) is 0 Å². The quantitative estimate of drug-likeness (QED) is 0.837. The molecule has 0 spiro atoms. The normalized spacial score (nSPS) is 14.6. The summed E-state index contributed by atoms with van der Waals surface area (Å²) in [5.74, 6) is 0.751. The van der Waals surface area contributed by atoms with Crippen LogP contribution in [0.5, 0.6) is 0 Å². The second kappa shape index (κ2) is 7.40. The van der Waals surface area contributed by atoms with E-state index in [1.807, 2.05) is 34.6 Å². The summed E-state index contributed by atoms with van der Waals surface area (Å²) in [6.45, 7) is 9.38. The molecule has 7 nitrogen and oxygen atoms in total. The first kappa shape index (κ1) is 17.4. The Hall–Kier alpha value is -1.63. The fourth-order valence-corrected chi connectivity index (χ4v) is 1.76.